The van der Waals surface area contributed by atoms with E-state index in [0.29, 0.717) is 10.0 Å². The smallest absolute Gasteiger partial charge is 0.101 e. The van der Waals surface area contributed by atoms with Crippen LogP contribution in [-0.2, 0) is 0 Å². The molecule has 0 fully saturated rings. The molecule has 0 aliphatic rings. The van der Waals surface area contributed by atoms with Gasteiger partial charge in [0.1, 0.15) is 5.76 Å². The summed E-state index contributed by atoms with van der Waals surface area (Å²) in [6, 6.07) is 7.64. The van der Waals surface area contributed by atoms with E-state index in [0.717, 1.165) is 29.9 Å². The number of furan rings is 1. The third kappa shape index (κ3) is 3.53. The highest BCUT2D eigenvalue weighted by Crippen LogP contribution is 2.31. The Balaban J connectivity index is 2.36. The van der Waals surface area contributed by atoms with Crippen molar-refractivity contribution in [3.8, 4) is 0 Å². The quantitative estimate of drug-likeness (QED) is 0.841. The van der Waals surface area contributed by atoms with Gasteiger partial charge in [0.05, 0.1) is 12.3 Å². The van der Waals surface area contributed by atoms with Crippen molar-refractivity contribution in [1.29, 1.82) is 0 Å². The highest BCUT2D eigenvalue weighted by atomic mass is 35.5. The summed E-state index contributed by atoms with van der Waals surface area (Å²) in [6.07, 6.45) is 2.83. The number of nitrogens with one attached hydrogen (secondary N) is 1. The van der Waals surface area contributed by atoms with Gasteiger partial charge in [0.15, 0.2) is 0 Å². The Morgan fingerprint density at radius 2 is 2.05 bits per heavy atom. The van der Waals surface area contributed by atoms with Crippen LogP contribution in [0, 0.1) is 6.92 Å². The van der Waals surface area contributed by atoms with Gasteiger partial charge in [-0.3, -0.25) is 0 Å². The molecule has 1 heterocycles. The fraction of sp³-hybridized carbons (Fsp3) is 0.333. The average Bonchev–Trinajstić information content (AvgIpc) is 2.78. The van der Waals surface area contributed by atoms with Crippen molar-refractivity contribution in [2.45, 2.75) is 26.3 Å². The van der Waals surface area contributed by atoms with Crippen LogP contribution in [0.2, 0.25) is 10.0 Å². The Hall–Kier alpha value is -0.960. The van der Waals surface area contributed by atoms with E-state index in [9.17, 15) is 0 Å². The number of hydrogen-bond donors (Lipinski definition) is 1. The summed E-state index contributed by atoms with van der Waals surface area (Å²) in [7, 11) is 0. The summed E-state index contributed by atoms with van der Waals surface area (Å²) in [6.45, 7) is 4.98. The van der Waals surface area contributed by atoms with E-state index < -0.39 is 0 Å². The number of hydrogen-bond acceptors (Lipinski definition) is 2. The van der Waals surface area contributed by atoms with Crippen LogP contribution >= 0.6 is 23.2 Å². The summed E-state index contributed by atoms with van der Waals surface area (Å²) < 4.78 is 5.40. The highest BCUT2D eigenvalue weighted by molar-refractivity contribution is 6.35. The lowest BCUT2D eigenvalue weighted by Crippen LogP contribution is -2.23. The van der Waals surface area contributed by atoms with Gasteiger partial charge < -0.3 is 9.73 Å². The maximum absolute atomic E-state index is 6.30. The van der Waals surface area contributed by atoms with Crippen LogP contribution in [-0.4, -0.2) is 6.54 Å². The van der Waals surface area contributed by atoms with Crippen molar-refractivity contribution in [2.75, 3.05) is 6.54 Å². The molecule has 1 aromatic heterocycles. The fourth-order valence-corrected chi connectivity index (χ4v) is 2.56. The van der Waals surface area contributed by atoms with Crippen LogP contribution in [0.3, 0.4) is 0 Å². The third-order valence-electron chi connectivity index (χ3n) is 2.96. The second-order valence-electron chi connectivity index (χ2n) is 4.54. The van der Waals surface area contributed by atoms with E-state index in [2.05, 4.69) is 12.2 Å². The predicted octanol–water partition coefficient (Wildman–Crippen LogP) is 4.98. The molecule has 1 N–H and O–H groups in total. The van der Waals surface area contributed by atoms with Crippen molar-refractivity contribution >= 4 is 23.2 Å². The Morgan fingerprint density at radius 1 is 1.26 bits per heavy atom. The lowest BCUT2D eigenvalue weighted by molar-refractivity contribution is 0.524. The molecule has 0 radical (unpaired) electrons. The summed E-state index contributed by atoms with van der Waals surface area (Å²) in [5, 5.41) is 4.80. The molecule has 102 valence electrons. The molecule has 0 saturated heterocycles. The van der Waals surface area contributed by atoms with Crippen molar-refractivity contribution in [1.82, 2.24) is 5.32 Å². The van der Waals surface area contributed by atoms with Crippen LogP contribution in [0.1, 0.15) is 36.3 Å². The Kier molecular flexibility index (Phi) is 4.92. The van der Waals surface area contributed by atoms with E-state index in [4.69, 9.17) is 27.6 Å². The second-order valence-corrected chi connectivity index (χ2v) is 5.39. The van der Waals surface area contributed by atoms with E-state index in [-0.39, 0.29) is 6.04 Å². The van der Waals surface area contributed by atoms with E-state index in [1.54, 1.807) is 12.3 Å². The van der Waals surface area contributed by atoms with Gasteiger partial charge in [0.2, 0.25) is 0 Å². The van der Waals surface area contributed by atoms with Gasteiger partial charge >= 0.3 is 0 Å². The van der Waals surface area contributed by atoms with Gasteiger partial charge in [-0.25, -0.2) is 0 Å². The lowest BCUT2D eigenvalue weighted by Gasteiger charge is -2.19. The minimum Gasteiger partial charge on any atom is -0.469 e. The number of aryl methyl sites for hydroxylation is 1. The minimum absolute atomic E-state index is 0.0298. The number of halogens is 2. The predicted molar refractivity (Wildman–Crippen MR) is 80.0 cm³/mol. The second kappa shape index (κ2) is 6.47. The van der Waals surface area contributed by atoms with Crippen LogP contribution in [0.5, 0.6) is 0 Å². The van der Waals surface area contributed by atoms with Gasteiger partial charge in [-0.15, -0.1) is 0 Å². The molecule has 1 unspecified atom stereocenters. The molecule has 2 rings (SSSR count). The first kappa shape index (κ1) is 14.4. The van der Waals surface area contributed by atoms with Crippen molar-refractivity contribution < 1.29 is 4.42 Å². The third-order valence-corrected chi connectivity index (χ3v) is 3.52. The van der Waals surface area contributed by atoms with Crippen LogP contribution in [0.15, 0.2) is 34.9 Å². The van der Waals surface area contributed by atoms with Crippen LogP contribution < -0.4 is 5.32 Å². The molecule has 19 heavy (non-hydrogen) atoms. The molecule has 0 aliphatic heterocycles. The first-order valence-corrected chi connectivity index (χ1v) is 7.10. The average molecular weight is 298 g/mol. The molecule has 0 spiro atoms. The maximum Gasteiger partial charge on any atom is 0.101 e. The van der Waals surface area contributed by atoms with Crippen LogP contribution in [0.25, 0.3) is 0 Å². The number of benzene rings is 1. The Labute approximate surface area is 123 Å². The lowest BCUT2D eigenvalue weighted by atomic mass is 10.0. The summed E-state index contributed by atoms with van der Waals surface area (Å²) in [5.41, 5.74) is 2.09. The maximum atomic E-state index is 6.30. The molecule has 4 heteroatoms. The topological polar surface area (TPSA) is 25.2 Å². The van der Waals surface area contributed by atoms with E-state index in [1.807, 2.05) is 25.1 Å². The number of rotatable bonds is 5. The largest absolute Gasteiger partial charge is 0.469 e. The van der Waals surface area contributed by atoms with E-state index in [1.165, 1.54) is 0 Å². The monoisotopic (exact) mass is 297 g/mol. The SMILES string of the molecule is CCCNC(c1coc(C)c1)c1ccc(Cl)cc1Cl. The zero-order chi connectivity index (χ0) is 13.8. The summed E-state index contributed by atoms with van der Waals surface area (Å²) >= 11 is 12.3. The molecule has 2 nitrogen and oxygen atoms in total. The molecule has 0 aliphatic carbocycles. The zero-order valence-corrected chi connectivity index (χ0v) is 12.6. The van der Waals surface area contributed by atoms with Crippen molar-refractivity contribution in [3.05, 3.63) is 57.5 Å². The Morgan fingerprint density at radius 3 is 2.63 bits per heavy atom. The molecule has 0 saturated carbocycles. The van der Waals surface area contributed by atoms with Gasteiger partial charge in [-0.2, -0.15) is 0 Å². The van der Waals surface area contributed by atoms with Crippen molar-refractivity contribution in [3.63, 3.8) is 0 Å². The molecule has 0 bridgehead atoms. The Bertz CT molecular complexity index is 551. The minimum atomic E-state index is 0.0298. The van der Waals surface area contributed by atoms with Gasteiger partial charge in [-0.1, -0.05) is 36.2 Å². The van der Waals surface area contributed by atoms with Gasteiger partial charge in [-0.05, 0) is 43.7 Å². The van der Waals surface area contributed by atoms with Gasteiger partial charge in [0.25, 0.3) is 0 Å². The standard InChI is InChI=1S/C15H17Cl2NO/c1-3-6-18-15(11-7-10(2)19-9-11)13-5-4-12(16)8-14(13)17/h4-5,7-9,15,18H,3,6H2,1-2H3. The summed E-state index contributed by atoms with van der Waals surface area (Å²) in [4.78, 5) is 0. The first-order valence-electron chi connectivity index (χ1n) is 6.35. The van der Waals surface area contributed by atoms with Gasteiger partial charge in [0, 0.05) is 15.6 Å². The normalized spacial score (nSPS) is 12.6. The molecular formula is C15H17Cl2NO. The van der Waals surface area contributed by atoms with Crippen molar-refractivity contribution in [2.24, 2.45) is 0 Å². The first-order chi connectivity index (χ1) is 9.11. The fourth-order valence-electron chi connectivity index (χ4n) is 2.05. The van der Waals surface area contributed by atoms with E-state index >= 15 is 0 Å². The van der Waals surface area contributed by atoms with Crippen LogP contribution in [0.4, 0.5) is 0 Å². The molecular weight excluding hydrogens is 281 g/mol. The summed E-state index contributed by atoms with van der Waals surface area (Å²) in [5.74, 6) is 0.892. The molecule has 1 atom stereocenters. The molecule has 2 aromatic rings. The highest BCUT2D eigenvalue weighted by Gasteiger charge is 2.18. The molecule has 0 amide bonds. The zero-order valence-electron chi connectivity index (χ0n) is 11.0. The molecule has 1 aromatic carbocycles.